The number of hydrogen-bond donors (Lipinski definition) is 2. The van der Waals surface area contributed by atoms with Gasteiger partial charge in [0.15, 0.2) is 6.61 Å². The molecule has 98 valence electrons. The fourth-order valence-corrected chi connectivity index (χ4v) is 1.51. The van der Waals surface area contributed by atoms with Gasteiger partial charge in [-0.05, 0) is 26.0 Å². The highest BCUT2D eigenvalue weighted by Crippen LogP contribution is 2.13. The van der Waals surface area contributed by atoms with Crippen LogP contribution < -0.4 is 10.5 Å². The third-order valence-electron chi connectivity index (χ3n) is 2.51. The molecule has 0 fully saturated rings. The Bertz CT molecular complexity index is 430. The van der Waals surface area contributed by atoms with Gasteiger partial charge in [0, 0.05) is 19.3 Å². The lowest BCUT2D eigenvalue weighted by Crippen LogP contribution is -2.34. The zero-order chi connectivity index (χ0) is 13.5. The van der Waals surface area contributed by atoms with Gasteiger partial charge >= 0.3 is 0 Å². The molecular weight excluding hydrogens is 232 g/mol. The number of pyridine rings is 1. The van der Waals surface area contributed by atoms with Crippen LogP contribution in [0.2, 0.25) is 0 Å². The van der Waals surface area contributed by atoms with E-state index in [1.165, 1.54) is 6.20 Å². The minimum atomic E-state index is -0.131. The SMILES string of the molecule is CCN(CC)C(=O)COc1ncccc1C(=N)N. The molecule has 0 aromatic carbocycles. The average Bonchev–Trinajstić information content (AvgIpc) is 2.38. The smallest absolute Gasteiger partial charge is 0.260 e. The Hall–Kier alpha value is -2.11. The summed E-state index contributed by atoms with van der Waals surface area (Å²) in [5.74, 6) is -0.0287. The van der Waals surface area contributed by atoms with Crippen molar-refractivity contribution < 1.29 is 9.53 Å². The van der Waals surface area contributed by atoms with Gasteiger partial charge in [-0.2, -0.15) is 0 Å². The Morgan fingerprint density at radius 3 is 2.72 bits per heavy atom. The molecule has 3 N–H and O–H groups in total. The van der Waals surface area contributed by atoms with Crippen molar-refractivity contribution in [1.29, 1.82) is 5.41 Å². The second kappa shape index (κ2) is 6.58. The maximum atomic E-state index is 11.7. The first-order valence-electron chi connectivity index (χ1n) is 5.80. The lowest BCUT2D eigenvalue weighted by Gasteiger charge is -2.18. The fourth-order valence-electron chi connectivity index (χ4n) is 1.51. The number of amides is 1. The van der Waals surface area contributed by atoms with E-state index in [4.69, 9.17) is 15.9 Å². The van der Waals surface area contributed by atoms with Crippen LogP contribution in [0.4, 0.5) is 0 Å². The molecule has 1 rings (SSSR count). The highest BCUT2D eigenvalue weighted by Gasteiger charge is 2.13. The van der Waals surface area contributed by atoms with E-state index in [1.54, 1.807) is 17.0 Å². The van der Waals surface area contributed by atoms with Crippen molar-refractivity contribution in [3.8, 4) is 5.88 Å². The molecule has 6 heteroatoms. The highest BCUT2D eigenvalue weighted by molar-refractivity contribution is 5.97. The molecule has 18 heavy (non-hydrogen) atoms. The zero-order valence-electron chi connectivity index (χ0n) is 10.6. The lowest BCUT2D eigenvalue weighted by atomic mass is 10.2. The molecule has 1 heterocycles. The third-order valence-corrected chi connectivity index (χ3v) is 2.51. The summed E-state index contributed by atoms with van der Waals surface area (Å²) in [7, 11) is 0. The lowest BCUT2D eigenvalue weighted by molar-refractivity contribution is -0.133. The number of nitrogens with zero attached hydrogens (tertiary/aromatic N) is 2. The number of nitrogens with two attached hydrogens (primary N) is 1. The Morgan fingerprint density at radius 1 is 1.50 bits per heavy atom. The van der Waals surface area contributed by atoms with Gasteiger partial charge in [0.2, 0.25) is 5.88 Å². The van der Waals surface area contributed by atoms with Gasteiger partial charge in [-0.25, -0.2) is 4.98 Å². The van der Waals surface area contributed by atoms with Crippen LogP contribution in [-0.4, -0.2) is 41.3 Å². The van der Waals surface area contributed by atoms with Crippen LogP contribution in [0.25, 0.3) is 0 Å². The zero-order valence-corrected chi connectivity index (χ0v) is 10.6. The summed E-state index contributed by atoms with van der Waals surface area (Å²) >= 11 is 0. The van der Waals surface area contributed by atoms with Crippen molar-refractivity contribution in [1.82, 2.24) is 9.88 Å². The summed E-state index contributed by atoms with van der Waals surface area (Å²) in [6, 6.07) is 3.29. The van der Waals surface area contributed by atoms with Crippen molar-refractivity contribution in [2.45, 2.75) is 13.8 Å². The van der Waals surface area contributed by atoms with Crippen LogP contribution in [0.15, 0.2) is 18.3 Å². The van der Waals surface area contributed by atoms with Gasteiger partial charge in [-0.1, -0.05) is 0 Å². The molecule has 0 atom stereocenters. The first-order valence-corrected chi connectivity index (χ1v) is 5.80. The first-order chi connectivity index (χ1) is 8.60. The van der Waals surface area contributed by atoms with E-state index >= 15 is 0 Å². The number of nitrogens with one attached hydrogen (secondary N) is 1. The van der Waals surface area contributed by atoms with Crippen LogP contribution in [0.1, 0.15) is 19.4 Å². The minimum Gasteiger partial charge on any atom is -0.467 e. The monoisotopic (exact) mass is 250 g/mol. The molecule has 0 aliphatic rings. The number of ether oxygens (including phenoxy) is 1. The molecule has 1 amide bonds. The van der Waals surface area contributed by atoms with E-state index in [0.717, 1.165) is 0 Å². The molecule has 0 unspecified atom stereocenters. The molecule has 0 saturated heterocycles. The van der Waals surface area contributed by atoms with Crippen LogP contribution in [0.5, 0.6) is 5.88 Å². The molecule has 6 nitrogen and oxygen atoms in total. The second-order valence-corrected chi connectivity index (χ2v) is 3.62. The Morgan fingerprint density at radius 2 is 2.17 bits per heavy atom. The van der Waals surface area contributed by atoms with Crippen molar-refractivity contribution >= 4 is 11.7 Å². The summed E-state index contributed by atoms with van der Waals surface area (Å²) in [5, 5.41) is 7.38. The number of rotatable bonds is 6. The van der Waals surface area contributed by atoms with Crippen LogP contribution in [-0.2, 0) is 4.79 Å². The fraction of sp³-hybridized carbons (Fsp3) is 0.417. The summed E-state index contributed by atoms with van der Waals surface area (Å²) in [5.41, 5.74) is 5.79. The molecule has 0 radical (unpaired) electrons. The van der Waals surface area contributed by atoms with E-state index in [-0.39, 0.29) is 24.2 Å². The number of nitrogen functional groups attached to an aromatic ring is 1. The predicted molar refractivity (Wildman–Crippen MR) is 68.7 cm³/mol. The van der Waals surface area contributed by atoms with Gasteiger partial charge in [0.05, 0.1) is 5.56 Å². The van der Waals surface area contributed by atoms with Crippen molar-refractivity contribution in [2.75, 3.05) is 19.7 Å². The molecule has 0 spiro atoms. The summed E-state index contributed by atoms with van der Waals surface area (Å²) in [6.07, 6.45) is 1.53. The maximum Gasteiger partial charge on any atom is 0.260 e. The molecule has 0 aliphatic heterocycles. The van der Waals surface area contributed by atoms with Crippen LogP contribution in [0, 0.1) is 5.41 Å². The maximum absolute atomic E-state index is 11.7. The standard InChI is InChI=1S/C12H18N4O2/c1-3-16(4-2)10(17)8-18-12-9(11(13)14)6-5-7-15-12/h5-7H,3-4,8H2,1-2H3,(H3,13,14). The van der Waals surface area contributed by atoms with E-state index in [9.17, 15) is 4.79 Å². The third kappa shape index (κ3) is 3.44. The largest absolute Gasteiger partial charge is 0.467 e. The number of carbonyl (C=O) groups excluding carboxylic acids is 1. The van der Waals surface area contributed by atoms with Gasteiger partial charge in [-0.3, -0.25) is 10.2 Å². The first kappa shape index (κ1) is 14.0. The van der Waals surface area contributed by atoms with Crippen molar-refractivity contribution in [3.63, 3.8) is 0 Å². The number of hydrogen-bond acceptors (Lipinski definition) is 4. The molecule has 1 aromatic rings. The van der Waals surface area contributed by atoms with Crippen molar-refractivity contribution in [2.24, 2.45) is 5.73 Å². The molecule has 1 aromatic heterocycles. The predicted octanol–water partition coefficient (Wildman–Crippen LogP) is 0.613. The number of amidine groups is 1. The van der Waals surface area contributed by atoms with E-state index in [0.29, 0.717) is 18.7 Å². The van der Waals surface area contributed by atoms with Crippen molar-refractivity contribution in [3.05, 3.63) is 23.9 Å². The van der Waals surface area contributed by atoms with E-state index < -0.39 is 0 Å². The minimum absolute atomic E-state index is 0.0982. The second-order valence-electron chi connectivity index (χ2n) is 3.62. The number of aromatic nitrogens is 1. The highest BCUT2D eigenvalue weighted by atomic mass is 16.5. The van der Waals surface area contributed by atoms with Gasteiger partial charge in [-0.15, -0.1) is 0 Å². The van der Waals surface area contributed by atoms with Crippen LogP contribution in [0.3, 0.4) is 0 Å². The molecular formula is C12H18N4O2. The Balaban J connectivity index is 2.69. The quantitative estimate of drug-likeness (QED) is 0.571. The molecule has 0 bridgehead atoms. The Kier molecular flexibility index (Phi) is 5.10. The topological polar surface area (TPSA) is 92.3 Å². The van der Waals surface area contributed by atoms with Gasteiger partial charge < -0.3 is 15.4 Å². The molecule has 0 aliphatic carbocycles. The van der Waals surface area contributed by atoms with E-state index in [2.05, 4.69) is 4.98 Å². The average molecular weight is 250 g/mol. The van der Waals surface area contributed by atoms with Crippen LogP contribution >= 0.6 is 0 Å². The van der Waals surface area contributed by atoms with Gasteiger partial charge in [0.25, 0.3) is 5.91 Å². The summed E-state index contributed by atoms with van der Waals surface area (Å²) in [6.45, 7) is 4.99. The van der Waals surface area contributed by atoms with Gasteiger partial charge in [0.1, 0.15) is 5.84 Å². The summed E-state index contributed by atoms with van der Waals surface area (Å²) in [4.78, 5) is 17.4. The summed E-state index contributed by atoms with van der Waals surface area (Å²) < 4.78 is 5.32. The Labute approximate surface area is 106 Å². The van der Waals surface area contributed by atoms with E-state index in [1.807, 2.05) is 13.8 Å². The molecule has 0 saturated carbocycles. The number of carbonyl (C=O) groups is 1. The number of likely N-dealkylation sites (N-methyl/N-ethyl adjacent to an activating group) is 1. The normalized spacial score (nSPS) is 9.89.